The first-order chi connectivity index (χ1) is 12.6. The third kappa shape index (κ3) is 6.51. The van der Waals surface area contributed by atoms with Gasteiger partial charge in [-0.3, -0.25) is 14.4 Å². The molecule has 0 aliphatic carbocycles. The van der Waals surface area contributed by atoms with Crippen molar-refractivity contribution in [1.82, 2.24) is 15.1 Å². The van der Waals surface area contributed by atoms with E-state index in [2.05, 4.69) is 10.4 Å². The van der Waals surface area contributed by atoms with E-state index in [1.54, 1.807) is 0 Å². The third-order valence-electron chi connectivity index (χ3n) is 3.88. The first kappa shape index (κ1) is 19.4. The number of carboxylic acid groups (broad SMARTS) is 1. The summed E-state index contributed by atoms with van der Waals surface area (Å²) in [5.74, 6) is -1.10. The van der Waals surface area contributed by atoms with Crippen LogP contribution in [0.1, 0.15) is 48.2 Å². The number of amides is 1. The number of aliphatic carboxylic acids is 1. The number of carboxylic acids is 1. The molecule has 26 heavy (non-hydrogen) atoms. The summed E-state index contributed by atoms with van der Waals surface area (Å²) in [6.45, 7) is 0.801. The first-order valence-electron chi connectivity index (χ1n) is 8.68. The molecule has 0 spiro atoms. The van der Waals surface area contributed by atoms with Crippen molar-refractivity contribution in [2.45, 2.75) is 38.6 Å². The summed E-state index contributed by atoms with van der Waals surface area (Å²) in [5, 5.41) is 15.5. The van der Waals surface area contributed by atoms with Gasteiger partial charge < -0.3 is 10.4 Å². The molecule has 0 bridgehead atoms. The number of hydrogen-bond donors (Lipinski definition) is 2. The zero-order chi connectivity index (χ0) is 18.8. The molecule has 2 N–H and O–H groups in total. The lowest BCUT2D eigenvalue weighted by Gasteiger charge is -2.08. The molecule has 1 aromatic carbocycles. The van der Waals surface area contributed by atoms with Crippen LogP contribution in [0.5, 0.6) is 0 Å². The Labute approximate surface area is 151 Å². The number of rotatable bonds is 10. The Balaban J connectivity index is 1.82. The fraction of sp³-hybridized carbons (Fsp3) is 0.368. The van der Waals surface area contributed by atoms with Crippen LogP contribution in [0, 0.1) is 0 Å². The van der Waals surface area contributed by atoms with Gasteiger partial charge in [0.15, 0.2) is 0 Å². The summed E-state index contributed by atoms with van der Waals surface area (Å²) < 4.78 is 1.27. The summed E-state index contributed by atoms with van der Waals surface area (Å²) in [6, 6.07) is 12.2. The summed E-state index contributed by atoms with van der Waals surface area (Å²) in [4.78, 5) is 34.5. The number of carbonyl (C=O) groups is 2. The minimum atomic E-state index is -0.782. The Morgan fingerprint density at radius 2 is 1.73 bits per heavy atom. The molecule has 7 heteroatoms. The number of nitrogens with zero attached hydrogens (tertiary/aromatic N) is 2. The van der Waals surface area contributed by atoms with E-state index in [0.29, 0.717) is 19.5 Å². The Bertz CT molecular complexity index is 787. The van der Waals surface area contributed by atoms with E-state index in [0.717, 1.165) is 24.8 Å². The van der Waals surface area contributed by atoms with Crippen LogP contribution < -0.4 is 10.9 Å². The van der Waals surface area contributed by atoms with Crippen molar-refractivity contribution in [3.05, 3.63) is 64.1 Å². The van der Waals surface area contributed by atoms with Crippen LogP contribution in [0.2, 0.25) is 0 Å². The molecule has 0 aliphatic rings. The van der Waals surface area contributed by atoms with Crippen LogP contribution >= 0.6 is 0 Å². The third-order valence-corrected chi connectivity index (χ3v) is 3.88. The van der Waals surface area contributed by atoms with Crippen molar-refractivity contribution >= 4 is 11.9 Å². The smallest absolute Gasteiger partial charge is 0.303 e. The molecule has 2 rings (SSSR count). The maximum atomic E-state index is 12.2. The molecule has 2 aromatic rings. The zero-order valence-electron chi connectivity index (χ0n) is 14.6. The normalized spacial score (nSPS) is 10.5. The van der Waals surface area contributed by atoms with Gasteiger partial charge in [0.05, 0.1) is 6.54 Å². The van der Waals surface area contributed by atoms with Crippen LogP contribution in [0.4, 0.5) is 0 Å². The summed E-state index contributed by atoms with van der Waals surface area (Å²) in [7, 11) is 0. The van der Waals surface area contributed by atoms with Crippen molar-refractivity contribution in [2.24, 2.45) is 0 Å². The molecule has 7 nitrogen and oxygen atoms in total. The van der Waals surface area contributed by atoms with Gasteiger partial charge in [0.1, 0.15) is 5.69 Å². The zero-order valence-corrected chi connectivity index (χ0v) is 14.6. The van der Waals surface area contributed by atoms with Gasteiger partial charge in [0.25, 0.3) is 11.5 Å². The van der Waals surface area contributed by atoms with Crippen LogP contribution in [-0.2, 0) is 11.3 Å². The topological polar surface area (TPSA) is 101 Å². The molecule has 1 amide bonds. The number of unbranched alkanes of at least 4 members (excludes halogenated alkanes) is 3. The largest absolute Gasteiger partial charge is 0.481 e. The van der Waals surface area contributed by atoms with Gasteiger partial charge in [-0.25, -0.2) is 4.68 Å². The second-order valence-corrected chi connectivity index (χ2v) is 6.01. The van der Waals surface area contributed by atoms with E-state index in [4.69, 9.17) is 5.11 Å². The lowest BCUT2D eigenvalue weighted by molar-refractivity contribution is -0.137. The molecule has 0 saturated heterocycles. The van der Waals surface area contributed by atoms with Gasteiger partial charge in [-0.15, -0.1) is 0 Å². The second kappa shape index (κ2) is 10.1. The average Bonchev–Trinajstić information content (AvgIpc) is 2.63. The lowest BCUT2D eigenvalue weighted by Crippen LogP contribution is -2.30. The summed E-state index contributed by atoms with van der Waals surface area (Å²) >= 11 is 0. The Hall–Kier alpha value is -2.96. The summed E-state index contributed by atoms with van der Waals surface area (Å²) in [5.41, 5.74) is 0.872. The monoisotopic (exact) mass is 357 g/mol. The fourth-order valence-electron chi connectivity index (χ4n) is 2.49. The summed E-state index contributed by atoms with van der Waals surface area (Å²) in [6.07, 6.45) is 3.28. The van der Waals surface area contributed by atoms with Crippen LogP contribution in [0.3, 0.4) is 0 Å². The fourth-order valence-corrected chi connectivity index (χ4v) is 2.49. The van der Waals surface area contributed by atoms with Gasteiger partial charge in [0, 0.05) is 19.0 Å². The van der Waals surface area contributed by atoms with Gasteiger partial charge in [0.2, 0.25) is 0 Å². The van der Waals surface area contributed by atoms with E-state index < -0.39 is 5.97 Å². The SMILES string of the molecule is O=C(O)CCCCCCNC(=O)c1ccc(=O)n(Cc2ccccc2)n1. The molecule has 0 saturated carbocycles. The number of hydrogen-bond acceptors (Lipinski definition) is 4. The van der Waals surface area contributed by atoms with E-state index in [-0.39, 0.29) is 23.6 Å². The minimum absolute atomic E-state index is 0.180. The number of benzene rings is 1. The van der Waals surface area contributed by atoms with Crippen molar-refractivity contribution in [1.29, 1.82) is 0 Å². The van der Waals surface area contributed by atoms with E-state index in [1.165, 1.54) is 16.8 Å². The molecule has 1 heterocycles. The van der Waals surface area contributed by atoms with Crippen molar-refractivity contribution in [3.63, 3.8) is 0 Å². The quantitative estimate of drug-likeness (QED) is 0.634. The predicted octanol–water partition coefficient (Wildman–Crippen LogP) is 2.06. The van der Waals surface area contributed by atoms with Crippen molar-refractivity contribution in [3.8, 4) is 0 Å². The molecule has 0 atom stereocenters. The highest BCUT2D eigenvalue weighted by Gasteiger charge is 2.09. The van der Waals surface area contributed by atoms with Crippen molar-refractivity contribution < 1.29 is 14.7 Å². The highest BCUT2D eigenvalue weighted by atomic mass is 16.4. The van der Waals surface area contributed by atoms with E-state index >= 15 is 0 Å². The highest BCUT2D eigenvalue weighted by molar-refractivity contribution is 5.91. The lowest BCUT2D eigenvalue weighted by atomic mass is 10.1. The first-order valence-corrected chi connectivity index (χ1v) is 8.68. The predicted molar refractivity (Wildman–Crippen MR) is 97.1 cm³/mol. The minimum Gasteiger partial charge on any atom is -0.481 e. The Kier molecular flexibility index (Phi) is 7.54. The van der Waals surface area contributed by atoms with Crippen molar-refractivity contribution in [2.75, 3.05) is 6.54 Å². The molecule has 0 unspecified atom stereocenters. The Morgan fingerprint density at radius 3 is 2.46 bits per heavy atom. The van der Waals surface area contributed by atoms with Crippen LogP contribution in [0.25, 0.3) is 0 Å². The molecular formula is C19H23N3O4. The van der Waals surface area contributed by atoms with Crippen LogP contribution in [-0.4, -0.2) is 33.3 Å². The van der Waals surface area contributed by atoms with Gasteiger partial charge >= 0.3 is 5.97 Å². The average molecular weight is 357 g/mol. The van der Waals surface area contributed by atoms with Gasteiger partial charge in [-0.1, -0.05) is 43.2 Å². The number of nitrogens with one attached hydrogen (secondary N) is 1. The van der Waals surface area contributed by atoms with E-state index in [9.17, 15) is 14.4 Å². The molecule has 0 aliphatic heterocycles. The maximum absolute atomic E-state index is 12.2. The Morgan fingerprint density at radius 1 is 1.00 bits per heavy atom. The molecule has 0 fully saturated rings. The number of carbonyl (C=O) groups excluding carboxylic acids is 1. The van der Waals surface area contributed by atoms with Gasteiger partial charge in [-0.2, -0.15) is 5.10 Å². The molecular weight excluding hydrogens is 334 g/mol. The highest BCUT2D eigenvalue weighted by Crippen LogP contribution is 2.03. The maximum Gasteiger partial charge on any atom is 0.303 e. The number of aromatic nitrogens is 2. The van der Waals surface area contributed by atoms with E-state index in [1.807, 2.05) is 30.3 Å². The molecule has 1 aromatic heterocycles. The standard InChI is InChI=1S/C19H23N3O4/c23-17-12-11-16(21-22(17)14-15-8-4-3-5-9-15)19(26)20-13-7-2-1-6-10-18(24)25/h3-5,8-9,11-12H,1-2,6-7,10,13-14H2,(H,20,26)(H,24,25). The molecule has 138 valence electrons. The second-order valence-electron chi connectivity index (χ2n) is 6.01. The van der Waals surface area contributed by atoms with Gasteiger partial charge in [-0.05, 0) is 24.5 Å². The van der Waals surface area contributed by atoms with Crippen LogP contribution in [0.15, 0.2) is 47.3 Å². The molecule has 0 radical (unpaired) electrons.